The molecule has 0 heterocycles. The molecule has 1 aromatic carbocycles. The molecular formula is C13H20N2OS. The van der Waals surface area contributed by atoms with Crippen LogP contribution in [0.4, 0.5) is 5.69 Å². The number of thiocarbonyl (C=S) groups is 1. The lowest BCUT2D eigenvalue weighted by Gasteiger charge is -2.19. The van der Waals surface area contributed by atoms with Gasteiger partial charge in [-0.2, -0.15) is 0 Å². The number of hydrogen-bond donors (Lipinski definition) is 3. The lowest BCUT2D eigenvalue weighted by molar-refractivity contribution is 0.253. The number of para-hydroxylation sites is 1. The molecular weight excluding hydrogens is 232 g/mol. The number of nitrogens with one attached hydrogen (secondary N) is 2. The van der Waals surface area contributed by atoms with Gasteiger partial charge in [0, 0.05) is 5.69 Å². The van der Waals surface area contributed by atoms with E-state index in [9.17, 15) is 0 Å². The zero-order chi connectivity index (χ0) is 12.8. The molecule has 0 unspecified atom stereocenters. The van der Waals surface area contributed by atoms with Gasteiger partial charge in [-0.15, -0.1) is 0 Å². The van der Waals surface area contributed by atoms with E-state index < -0.39 is 0 Å². The standard InChI is InChI=1S/C13H20N2OS/c1-4-11(8-16)14-13(17)15-12-9(2)6-5-7-10(12)3/h5-7,11,16H,4,8H2,1-3H3,(H2,14,15,17)/t11-/m1/s1. The van der Waals surface area contributed by atoms with Crippen LogP contribution in [0, 0.1) is 13.8 Å². The topological polar surface area (TPSA) is 44.3 Å². The van der Waals surface area contributed by atoms with Gasteiger partial charge in [0.25, 0.3) is 0 Å². The molecule has 0 aromatic heterocycles. The predicted octanol–water partition coefficient (Wildman–Crippen LogP) is 2.36. The second-order valence-corrected chi connectivity index (χ2v) is 4.56. The Balaban J connectivity index is 2.68. The van der Waals surface area contributed by atoms with Gasteiger partial charge in [0.2, 0.25) is 0 Å². The van der Waals surface area contributed by atoms with E-state index in [0.29, 0.717) is 5.11 Å². The van der Waals surface area contributed by atoms with E-state index >= 15 is 0 Å². The molecule has 4 heteroatoms. The second kappa shape index (κ2) is 6.57. The summed E-state index contributed by atoms with van der Waals surface area (Å²) in [7, 11) is 0. The largest absolute Gasteiger partial charge is 0.394 e. The third-order valence-electron chi connectivity index (χ3n) is 2.77. The molecule has 3 N–H and O–H groups in total. The third kappa shape index (κ3) is 3.98. The Morgan fingerprint density at radius 2 is 1.94 bits per heavy atom. The minimum absolute atomic E-state index is 0.0133. The van der Waals surface area contributed by atoms with Crippen molar-refractivity contribution in [2.45, 2.75) is 33.2 Å². The Hall–Kier alpha value is -1.13. The fourth-order valence-electron chi connectivity index (χ4n) is 1.62. The lowest BCUT2D eigenvalue weighted by Crippen LogP contribution is -2.39. The van der Waals surface area contributed by atoms with Crippen molar-refractivity contribution >= 4 is 23.0 Å². The summed E-state index contributed by atoms with van der Waals surface area (Å²) in [6, 6.07) is 6.12. The second-order valence-electron chi connectivity index (χ2n) is 4.15. The van der Waals surface area contributed by atoms with Crippen LogP contribution in [0.5, 0.6) is 0 Å². The van der Waals surface area contributed by atoms with Gasteiger partial charge in [0.05, 0.1) is 12.6 Å². The van der Waals surface area contributed by atoms with E-state index in [4.69, 9.17) is 17.3 Å². The molecule has 0 aliphatic carbocycles. The van der Waals surface area contributed by atoms with Gasteiger partial charge in [0.1, 0.15) is 0 Å². The zero-order valence-electron chi connectivity index (χ0n) is 10.6. The van der Waals surface area contributed by atoms with Crippen molar-refractivity contribution in [1.29, 1.82) is 0 Å². The first kappa shape index (κ1) is 13.9. The summed E-state index contributed by atoms with van der Waals surface area (Å²) >= 11 is 5.23. The van der Waals surface area contributed by atoms with Crippen molar-refractivity contribution in [1.82, 2.24) is 5.32 Å². The number of hydrogen-bond acceptors (Lipinski definition) is 2. The van der Waals surface area contributed by atoms with Gasteiger partial charge < -0.3 is 15.7 Å². The highest BCUT2D eigenvalue weighted by molar-refractivity contribution is 7.80. The van der Waals surface area contributed by atoms with E-state index in [0.717, 1.165) is 23.2 Å². The zero-order valence-corrected chi connectivity index (χ0v) is 11.4. The third-order valence-corrected chi connectivity index (χ3v) is 2.99. The van der Waals surface area contributed by atoms with Gasteiger partial charge in [0.15, 0.2) is 5.11 Å². The van der Waals surface area contributed by atoms with Crippen molar-refractivity contribution in [3.05, 3.63) is 29.3 Å². The highest BCUT2D eigenvalue weighted by atomic mass is 32.1. The molecule has 0 saturated heterocycles. The Bertz CT molecular complexity index is 369. The molecule has 1 rings (SSSR count). The molecule has 1 aromatic rings. The lowest BCUT2D eigenvalue weighted by atomic mass is 10.1. The number of anilines is 1. The van der Waals surface area contributed by atoms with Crippen LogP contribution in [-0.4, -0.2) is 22.9 Å². The average molecular weight is 252 g/mol. The van der Waals surface area contributed by atoms with E-state index in [2.05, 4.69) is 10.6 Å². The summed E-state index contributed by atoms with van der Waals surface area (Å²) in [6.07, 6.45) is 0.838. The van der Waals surface area contributed by atoms with Crippen LogP contribution < -0.4 is 10.6 Å². The SMILES string of the molecule is CC[C@H](CO)NC(=S)Nc1c(C)cccc1C. The Labute approximate surface area is 108 Å². The maximum atomic E-state index is 9.10. The Morgan fingerprint density at radius 1 is 1.35 bits per heavy atom. The highest BCUT2D eigenvalue weighted by Crippen LogP contribution is 2.19. The molecule has 0 radical (unpaired) electrons. The first-order valence-electron chi connectivity index (χ1n) is 5.83. The first-order chi connectivity index (χ1) is 8.08. The molecule has 0 saturated carbocycles. The highest BCUT2D eigenvalue weighted by Gasteiger charge is 2.08. The average Bonchev–Trinajstić information content (AvgIpc) is 2.31. The van der Waals surface area contributed by atoms with Crippen molar-refractivity contribution in [3.8, 4) is 0 Å². The minimum atomic E-state index is 0.0133. The summed E-state index contributed by atoms with van der Waals surface area (Å²) < 4.78 is 0. The summed E-state index contributed by atoms with van der Waals surface area (Å²) in [5, 5.41) is 15.9. The number of aryl methyl sites for hydroxylation is 2. The van der Waals surface area contributed by atoms with Crippen molar-refractivity contribution in [2.24, 2.45) is 0 Å². The predicted molar refractivity (Wildman–Crippen MR) is 76.4 cm³/mol. The van der Waals surface area contributed by atoms with E-state index in [1.807, 2.05) is 39.0 Å². The number of aliphatic hydroxyl groups is 1. The molecule has 0 aliphatic heterocycles. The quantitative estimate of drug-likeness (QED) is 0.720. The van der Waals surface area contributed by atoms with Gasteiger partial charge in [-0.25, -0.2) is 0 Å². The first-order valence-corrected chi connectivity index (χ1v) is 6.23. The fourth-order valence-corrected chi connectivity index (χ4v) is 1.89. The van der Waals surface area contributed by atoms with Crippen LogP contribution >= 0.6 is 12.2 Å². The van der Waals surface area contributed by atoms with Crippen LogP contribution in [0.3, 0.4) is 0 Å². The summed E-state index contributed by atoms with van der Waals surface area (Å²) in [5.74, 6) is 0. The van der Waals surface area contributed by atoms with Crippen molar-refractivity contribution in [3.63, 3.8) is 0 Å². The number of benzene rings is 1. The smallest absolute Gasteiger partial charge is 0.171 e. The molecule has 94 valence electrons. The fraction of sp³-hybridized carbons (Fsp3) is 0.462. The van der Waals surface area contributed by atoms with E-state index in [1.165, 1.54) is 0 Å². The normalized spacial score (nSPS) is 12.0. The molecule has 17 heavy (non-hydrogen) atoms. The summed E-state index contributed by atoms with van der Waals surface area (Å²) in [4.78, 5) is 0. The minimum Gasteiger partial charge on any atom is -0.394 e. The Kier molecular flexibility index (Phi) is 5.38. The van der Waals surface area contributed by atoms with Gasteiger partial charge in [-0.05, 0) is 43.6 Å². The summed E-state index contributed by atoms with van der Waals surface area (Å²) in [6.45, 7) is 6.18. The van der Waals surface area contributed by atoms with Crippen LogP contribution in [0.2, 0.25) is 0 Å². The molecule has 0 fully saturated rings. The van der Waals surface area contributed by atoms with Crippen LogP contribution in [0.1, 0.15) is 24.5 Å². The van der Waals surface area contributed by atoms with Crippen LogP contribution in [-0.2, 0) is 0 Å². The molecule has 0 spiro atoms. The van der Waals surface area contributed by atoms with Gasteiger partial charge in [-0.3, -0.25) is 0 Å². The van der Waals surface area contributed by atoms with Crippen molar-refractivity contribution < 1.29 is 5.11 Å². The molecule has 0 aliphatic rings. The van der Waals surface area contributed by atoms with Gasteiger partial charge in [-0.1, -0.05) is 25.1 Å². The number of aliphatic hydroxyl groups excluding tert-OH is 1. The number of rotatable bonds is 4. The van der Waals surface area contributed by atoms with Crippen LogP contribution in [0.25, 0.3) is 0 Å². The van der Waals surface area contributed by atoms with E-state index in [-0.39, 0.29) is 12.6 Å². The monoisotopic (exact) mass is 252 g/mol. The van der Waals surface area contributed by atoms with E-state index in [1.54, 1.807) is 0 Å². The molecule has 0 bridgehead atoms. The van der Waals surface area contributed by atoms with Crippen LogP contribution in [0.15, 0.2) is 18.2 Å². The van der Waals surface area contributed by atoms with Gasteiger partial charge >= 0.3 is 0 Å². The maximum Gasteiger partial charge on any atom is 0.171 e. The summed E-state index contributed by atoms with van der Waals surface area (Å²) in [5.41, 5.74) is 3.36. The Morgan fingerprint density at radius 3 is 2.41 bits per heavy atom. The molecule has 0 amide bonds. The maximum absolute atomic E-state index is 9.10. The van der Waals surface area contributed by atoms with Crippen molar-refractivity contribution in [2.75, 3.05) is 11.9 Å². The molecule has 3 nitrogen and oxygen atoms in total. The molecule has 1 atom stereocenters.